The lowest BCUT2D eigenvalue weighted by atomic mass is 9.95. The molecular formula is C22H20F3N3O2. The molecule has 5 nitrogen and oxygen atoms in total. The van der Waals surface area contributed by atoms with E-state index in [9.17, 15) is 18.0 Å². The number of halogens is 3. The molecule has 4 rings (SSSR count). The molecule has 0 saturated carbocycles. The van der Waals surface area contributed by atoms with E-state index >= 15 is 0 Å². The Hall–Kier alpha value is -3.29. The van der Waals surface area contributed by atoms with Crippen molar-refractivity contribution in [2.75, 3.05) is 11.9 Å². The van der Waals surface area contributed by atoms with Crippen LogP contribution in [0.1, 0.15) is 35.2 Å². The Morgan fingerprint density at radius 1 is 1.17 bits per heavy atom. The van der Waals surface area contributed by atoms with Gasteiger partial charge in [0.1, 0.15) is 5.75 Å². The van der Waals surface area contributed by atoms with Gasteiger partial charge in [-0.25, -0.2) is 0 Å². The number of hydrogen-bond acceptors (Lipinski definition) is 3. The summed E-state index contributed by atoms with van der Waals surface area (Å²) in [6.45, 7) is 0.640. The number of hydrogen-bond donors (Lipinski definition) is 2. The van der Waals surface area contributed by atoms with E-state index in [0.717, 1.165) is 43.5 Å². The van der Waals surface area contributed by atoms with Gasteiger partial charge in [0.15, 0.2) is 5.82 Å². The second kappa shape index (κ2) is 8.22. The summed E-state index contributed by atoms with van der Waals surface area (Å²) in [6, 6.07) is 9.45. The summed E-state index contributed by atoms with van der Waals surface area (Å²) in [6.07, 6.45) is 3.14. The van der Waals surface area contributed by atoms with E-state index < -0.39 is 17.6 Å². The Morgan fingerprint density at radius 2 is 1.97 bits per heavy atom. The Morgan fingerprint density at radius 3 is 2.67 bits per heavy atom. The highest BCUT2D eigenvalue weighted by Gasteiger charge is 2.30. The van der Waals surface area contributed by atoms with Crippen molar-refractivity contribution in [1.82, 2.24) is 10.2 Å². The Kier molecular flexibility index (Phi) is 5.48. The van der Waals surface area contributed by atoms with Gasteiger partial charge in [-0.05, 0) is 61.6 Å². The number of rotatable bonds is 5. The molecule has 0 radical (unpaired) electrons. The standard InChI is InChI=1S/C22H20F3N3O2/c23-22(24,25)16-8-6-15(7-9-16)21(29)26-20-18-11-10-17(12-19(18)27-28-20)30-13-14-4-2-1-3-5-14/h1-2,6-12,14H,3-5,13H2,(H2,26,27,28,29). The molecule has 1 aliphatic carbocycles. The topological polar surface area (TPSA) is 67.0 Å². The van der Waals surface area contributed by atoms with Crippen molar-refractivity contribution >= 4 is 22.6 Å². The summed E-state index contributed by atoms with van der Waals surface area (Å²) in [4.78, 5) is 12.4. The summed E-state index contributed by atoms with van der Waals surface area (Å²) in [5.41, 5.74) is 0.000409. The first-order valence-corrected chi connectivity index (χ1v) is 9.65. The van der Waals surface area contributed by atoms with Gasteiger partial charge < -0.3 is 10.1 Å². The van der Waals surface area contributed by atoms with Gasteiger partial charge in [-0.2, -0.15) is 18.3 Å². The largest absolute Gasteiger partial charge is 0.493 e. The van der Waals surface area contributed by atoms with E-state index in [1.54, 1.807) is 6.07 Å². The number of H-pyrrole nitrogens is 1. The van der Waals surface area contributed by atoms with Crippen LogP contribution in [-0.2, 0) is 6.18 Å². The number of ether oxygens (including phenoxy) is 1. The Balaban J connectivity index is 1.43. The predicted molar refractivity (Wildman–Crippen MR) is 107 cm³/mol. The predicted octanol–water partition coefficient (Wildman–Crippen LogP) is 5.57. The summed E-state index contributed by atoms with van der Waals surface area (Å²) >= 11 is 0. The van der Waals surface area contributed by atoms with Crippen molar-refractivity contribution in [3.63, 3.8) is 0 Å². The molecule has 1 atom stereocenters. The molecule has 1 aromatic heterocycles. The number of nitrogens with one attached hydrogen (secondary N) is 2. The summed E-state index contributed by atoms with van der Waals surface area (Å²) in [5.74, 6) is 0.981. The molecule has 1 aliphatic rings. The maximum Gasteiger partial charge on any atom is 0.416 e. The van der Waals surface area contributed by atoms with Gasteiger partial charge in [0, 0.05) is 17.0 Å². The number of alkyl halides is 3. The van der Waals surface area contributed by atoms with Crippen molar-refractivity contribution in [2.24, 2.45) is 5.92 Å². The van der Waals surface area contributed by atoms with Crippen LogP contribution in [0, 0.1) is 5.92 Å². The van der Waals surface area contributed by atoms with Crippen LogP contribution >= 0.6 is 0 Å². The fourth-order valence-corrected chi connectivity index (χ4v) is 3.40. The molecular weight excluding hydrogens is 395 g/mol. The fourth-order valence-electron chi connectivity index (χ4n) is 3.40. The zero-order chi connectivity index (χ0) is 21.1. The van der Waals surface area contributed by atoms with E-state index in [-0.39, 0.29) is 5.56 Å². The first-order valence-electron chi connectivity index (χ1n) is 9.65. The minimum absolute atomic E-state index is 0.112. The molecule has 30 heavy (non-hydrogen) atoms. The second-order valence-electron chi connectivity index (χ2n) is 7.27. The minimum Gasteiger partial charge on any atom is -0.493 e. The smallest absolute Gasteiger partial charge is 0.416 e. The SMILES string of the molecule is O=C(Nc1n[nH]c2cc(OCC3CC=CCC3)ccc12)c1ccc(C(F)(F)F)cc1. The number of anilines is 1. The third-order valence-corrected chi connectivity index (χ3v) is 5.10. The third kappa shape index (κ3) is 4.48. The fraction of sp³-hybridized carbons (Fsp3) is 0.273. The van der Waals surface area contributed by atoms with Crippen LogP contribution in [0.2, 0.25) is 0 Å². The van der Waals surface area contributed by atoms with Crippen molar-refractivity contribution in [3.8, 4) is 5.75 Å². The quantitative estimate of drug-likeness (QED) is 0.536. The van der Waals surface area contributed by atoms with Gasteiger partial charge in [-0.1, -0.05) is 12.2 Å². The molecule has 2 aromatic carbocycles. The van der Waals surface area contributed by atoms with Gasteiger partial charge in [0.05, 0.1) is 17.7 Å². The van der Waals surface area contributed by atoms with Crippen molar-refractivity contribution < 1.29 is 22.7 Å². The Bertz CT molecular complexity index is 1070. The highest BCUT2D eigenvalue weighted by atomic mass is 19.4. The van der Waals surface area contributed by atoms with Crippen molar-refractivity contribution in [2.45, 2.75) is 25.4 Å². The van der Waals surface area contributed by atoms with Crippen LogP contribution in [0.15, 0.2) is 54.6 Å². The summed E-state index contributed by atoms with van der Waals surface area (Å²) in [7, 11) is 0. The van der Waals surface area contributed by atoms with E-state index in [2.05, 4.69) is 27.7 Å². The lowest BCUT2D eigenvalue weighted by Gasteiger charge is -2.18. The van der Waals surface area contributed by atoms with Gasteiger partial charge in [-0.3, -0.25) is 9.89 Å². The van der Waals surface area contributed by atoms with Crippen LogP contribution in [0.5, 0.6) is 5.75 Å². The number of allylic oxidation sites excluding steroid dienone is 2. The molecule has 156 valence electrons. The average Bonchev–Trinajstić information content (AvgIpc) is 3.14. The molecule has 8 heteroatoms. The average molecular weight is 415 g/mol. The zero-order valence-electron chi connectivity index (χ0n) is 16.0. The number of carbonyl (C=O) groups excluding carboxylic acids is 1. The number of carbonyl (C=O) groups is 1. The van der Waals surface area contributed by atoms with Gasteiger partial charge in [0.25, 0.3) is 5.91 Å². The third-order valence-electron chi connectivity index (χ3n) is 5.10. The van der Waals surface area contributed by atoms with E-state index in [4.69, 9.17) is 4.74 Å². The van der Waals surface area contributed by atoms with Crippen LogP contribution < -0.4 is 10.1 Å². The lowest BCUT2D eigenvalue weighted by Crippen LogP contribution is -2.13. The summed E-state index contributed by atoms with van der Waals surface area (Å²) in [5, 5.41) is 10.3. The first-order chi connectivity index (χ1) is 14.4. The highest BCUT2D eigenvalue weighted by molar-refractivity contribution is 6.07. The maximum absolute atomic E-state index is 12.7. The zero-order valence-corrected chi connectivity index (χ0v) is 16.0. The summed E-state index contributed by atoms with van der Waals surface area (Å²) < 4.78 is 43.9. The molecule has 1 heterocycles. The van der Waals surface area contributed by atoms with Crippen LogP contribution in [0.3, 0.4) is 0 Å². The van der Waals surface area contributed by atoms with Gasteiger partial charge >= 0.3 is 6.18 Å². The molecule has 0 bridgehead atoms. The molecule has 0 fully saturated rings. The number of aromatic nitrogens is 2. The molecule has 2 N–H and O–H groups in total. The molecule has 1 unspecified atom stereocenters. The minimum atomic E-state index is -4.44. The first kappa shape index (κ1) is 20.0. The van der Waals surface area contributed by atoms with E-state index in [1.807, 2.05) is 12.1 Å². The van der Waals surface area contributed by atoms with Gasteiger partial charge in [0.2, 0.25) is 0 Å². The lowest BCUT2D eigenvalue weighted by molar-refractivity contribution is -0.137. The second-order valence-corrected chi connectivity index (χ2v) is 7.27. The van der Waals surface area contributed by atoms with E-state index in [0.29, 0.717) is 35.0 Å². The van der Waals surface area contributed by atoms with Crippen molar-refractivity contribution in [3.05, 3.63) is 65.7 Å². The van der Waals surface area contributed by atoms with Crippen LogP contribution in [0.4, 0.5) is 19.0 Å². The maximum atomic E-state index is 12.7. The monoisotopic (exact) mass is 415 g/mol. The van der Waals surface area contributed by atoms with Crippen molar-refractivity contribution in [1.29, 1.82) is 0 Å². The van der Waals surface area contributed by atoms with Gasteiger partial charge in [-0.15, -0.1) is 0 Å². The Labute approximate surface area is 170 Å². The molecule has 0 aliphatic heterocycles. The number of nitrogens with zero attached hydrogens (tertiary/aromatic N) is 1. The number of aromatic amines is 1. The van der Waals surface area contributed by atoms with E-state index in [1.165, 1.54) is 0 Å². The number of amides is 1. The number of fused-ring (bicyclic) bond motifs is 1. The highest BCUT2D eigenvalue weighted by Crippen LogP contribution is 2.30. The van der Waals surface area contributed by atoms with Crippen LogP contribution in [0.25, 0.3) is 10.9 Å². The normalized spacial score (nSPS) is 16.6. The molecule has 3 aromatic rings. The molecule has 0 spiro atoms. The molecule has 1 amide bonds. The number of benzene rings is 2. The van der Waals surface area contributed by atoms with Crippen LogP contribution in [-0.4, -0.2) is 22.7 Å². The molecule has 0 saturated heterocycles.